The van der Waals surface area contributed by atoms with Crippen molar-refractivity contribution in [3.05, 3.63) is 83.2 Å². The van der Waals surface area contributed by atoms with Crippen molar-refractivity contribution >= 4 is 0 Å². The van der Waals surface area contributed by atoms with E-state index in [0.717, 1.165) is 22.6 Å². The number of rotatable bonds is 6. The topological polar surface area (TPSA) is 66.7 Å². The highest BCUT2D eigenvalue weighted by Crippen LogP contribution is 2.33. The Bertz CT molecular complexity index is 1100. The second kappa shape index (κ2) is 7.52. The van der Waals surface area contributed by atoms with E-state index in [0.29, 0.717) is 17.2 Å². The highest BCUT2D eigenvalue weighted by atomic mass is 16.5. The van der Waals surface area contributed by atoms with Crippen molar-refractivity contribution in [2.24, 2.45) is 0 Å². The van der Waals surface area contributed by atoms with E-state index in [1.165, 1.54) is 0 Å². The minimum Gasteiger partial charge on any atom is -0.497 e. The van der Waals surface area contributed by atoms with Gasteiger partial charge in [-0.3, -0.25) is 4.57 Å². The van der Waals surface area contributed by atoms with Gasteiger partial charge in [-0.05, 0) is 60.7 Å². The molecule has 0 aliphatic rings. The minimum atomic E-state index is -0.451. The maximum atomic E-state index is 12.7. The van der Waals surface area contributed by atoms with Crippen molar-refractivity contribution in [1.29, 1.82) is 0 Å². The molecule has 2 heterocycles. The summed E-state index contributed by atoms with van der Waals surface area (Å²) in [4.78, 5) is 12.7. The molecule has 0 N–H and O–H groups in total. The quantitative estimate of drug-likeness (QED) is 0.497. The first-order valence-corrected chi connectivity index (χ1v) is 8.74. The first-order chi connectivity index (χ1) is 13.7. The highest BCUT2D eigenvalue weighted by Gasteiger charge is 2.21. The van der Waals surface area contributed by atoms with E-state index in [9.17, 15) is 4.79 Å². The fraction of sp³-hybridized carbons (Fsp3) is 0.136. The molecule has 0 saturated heterocycles. The molecule has 0 saturated carbocycles. The molecule has 0 atom stereocenters. The second-order valence-corrected chi connectivity index (χ2v) is 6.17. The van der Waals surface area contributed by atoms with Gasteiger partial charge in [0.1, 0.15) is 17.3 Å². The summed E-state index contributed by atoms with van der Waals surface area (Å²) >= 11 is 0. The molecule has 6 nitrogen and oxygen atoms in total. The summed E-state index contributed by atoms with van der Waals surface area (Å²) in [6.07, 6.45) is 1.58. The summed E-state index contributed by atoms with van der Waals surface area (Å²) in [5.74, 6) is 2.17. The van der Waals surface area contributed by atoms with E-state index in [1.807, 2.05) is 54.6 Å². The van der Waals surface area contributed by atoms with Crippen LogP contribution in [0.15, 0.2) is 80.6 Å². The Labute approximate surface area is 161 Å². The van der Waals surface area contributed by atoms with Crippen molar-refractivity contribution in [2.45, 2.75) is 6.54 Å². The van der Waals surface area contributed by atoms with Crippen molar-refractivity contribution in [3.8, 4) is 34.1 Å². The van der Waals surface area contributed by atoms with Gasteiger partial charge in [0.25, 0.3) is 0 Å². The zero-order valence-electron chi connectivity index (χ0n) is 15.5. The Balaban J connectivity index is 1.88. The summed E-state index contributed by atoms with van der Waals surface area (Å²) in [6, 6.07) is 18.5. The number of hydrogen-bond acceptors (Lipinski definition) is 5. The third-order valence-corrected chi connectivity index (χ3v) is 4.50. The molecular weight excluding hydrogens is 358 g/mol. The molecule has 0 fully saturated rings. The van der Waals surface area contributed by atoms with E-state index in [4.69, 9.17) is 18.3 Å². The lowest BCUT2D eigenvalue weighted by Gasteiger charge is -2.09. The molecule has 0 spiro atoms. The van der Waals surface area contributed by atoms with E-state index >= 15 is 0 Å². The Kier molecular flexibility index (Phi) is 4.76. The average molecular weight is 377 g/mol. The van der Waals surface area contributed by atoms with Crippen LogP contribution in [0.2, 0.25) is 0 Å². The van der Waals surface area contributed by atoms with Gasteiger partial charge in [0, 0.05) is 11.1 Å². The number of benzene rings is 2. The van der Waals surface area contributed by atoms with Crippen molar-refractivity contribution < 1.29 is 18.3 Å². The molecule has 0 bridgehead atoms. The predicted molar refractivity (Wildman–Crippen MR) is 105 cm³/mol. The van der Waals surface area contributed by atoms with Crippen LogP contribution in [0.1, 0.15) is 5.76 Å². The fourth-order valence-corrected chi connectivity index (χ4v) is 3.08. The van der Waals surface area contributed by atoms with Crippen LogP contribution >= 0.6 is 0 Å². The molecule has 142 valence electrons. The van der Waals surface area contributed by atoms with Gasteiger partial charge >= 0.3 is 5.76 Å². The second-order valence-electron chi connectivity index (χ2n) is 6.17. The van der Waals surface area contributed by atoms with Crippen LogP contribution in [0, 0.1) is 0 Å². The largest absolute Gasteiger partial charge is 0.497 e. The van der Waals surface area contributed by atoms with Crippen LogP contribution in [-0.2, 0) is 6.54 Å². The summed E-state index contributed by atoms with van der Waals surface area (Å²) in [5.41, 5.74) is 2.29. The lowest BCUT2D eigenvalue weighted by Crippen LogP contribution is -2.15. The molecule has 0 amide bonds. The first kappa shape index (κ1) is 17.7. The highest BCUT2D eigenvalue weighted by molar-refractivity contribution is 5.77. The molecule has 0 aliphatic heterocycles. The molecular formula is C22H19NO5. The summed E-state index contributed by atoms with van der Waals surface area (Å²) in [6.45, 7) is 0.271. The number of oxazole rings is 1. The number of nitrogens with zero attached hydrogens (tertiary/aromatic N) is 1. The van der Waals surface area contributed by atoms with Gasteiger partial charge in [-0.25, -0.2) is 4.79 Å². The summed E-state index contributed by atoms with van der Waals surface area (Å²) < 4.78 is 23.1. The van der Waals surface area contributed by atoms with Gasteiger partial charge in [0.05, 0.1) is 32.7 Å². The third kappa shape index (κ3) is 3.32. The van der Waals surface area contributed by atoms with Crippen molar-refractivity contribution in [3.63, 3.8) is 0 Å². The van der Waals surface area contributed by atoms with Crippen LogP contribution in [0.5, 0.6) is 11.5 Å². The standard InChI is InChI=1S/C22H19NO5/c1-25-17-9-5-15(6-10-17)20-21(16-7-11-18(26-2)12-8-16)28-22(24)23(20)14-19-4-3-13-27-19/h3-13H,14H2,1-2H3. The van der Waals surface area contributed by atoms with Crippen LogP contribution in [0.25, 0.3) is 22.6 Å². The Morgan fingerprint density at radius 1 is 0.857 bits per heavy atom. The molecule has 0 unspecified atom stereocenters. The number of ether oxygens (including phenoxy) is 2. The lowest BCUT2D eigenvalue weighted by molar-refractivity contribution is 0.414. The van der Waals surface area contributed by atoms with E-state index in [1.54, 1.807) is 31.1 Å². The minimum absolute atomic E-state index is 0.271. The van der Waals surface area contributed by atoms with Gasteiger partial charge in [0.2, 0.25) is 0 Å². The summed E-state index contributed by atoms with van der Waals surface area (Å²) in [5, 5.41) is 0. The Morgan fingerprint density at radius 3 is 2.00 bits per heavy atom. The zero-order chi connectivity index (χ0) is 19.5. The molecule has 2 aromatic carbocycles. The lowest BCUT2D eigenvalue weighted by atomic mass is 10.0. The average Bonchev–Trinajstić information content (AvgIpc) is 3.37. The number of methoxy groups -OCH3 is 2. The maximum absolute atomic E-state index is 12.7. The normalized spacial score (nSPS) is 10.8. The van der Waals surface area contributed by atoms with Gasteiger partial charge in [0.15, 0.2) is 5.76 Å². The molecule has 4 aromatic rings. The molecule has 2 aromatic heterocycles. The smallest absolute Gasteiger partial charge is 0.420 e. The number of furan rings is 1. The molecule has 28 heavy (non-hydrogen) atoms. The van der Waals surface area contributed by atoms with Crippen LogP contribution in [0.3, 0.4) is 0 Å². The third-order valence-electron chi connectivity index (χ3n) is 4.50. The number of aromatic nitrogens is 1. The Morgan fingerprint density at radius 2 is 1.46 bits per heavy atom. The van der Waals surface area contributed by atoms with Crippen LogP contribution in [-0.4, -0.2) is 18.8 Å². The van der Waals surface area contributed by atoms with Crippen LogP contribution < -0.4 is 15.2 Å². The summed E-state index contributed by atoms with van der Waals surface area (Å²) in [7, 11) is 3.22. The van der Waals surface area contributed by atoms with E-state index in [-0.39, 0.29) is 6.54 Å². The van der Waals surface area contributed by atoms with Gasteiger partial charge in [-0.15, -0.1) is 0 Å². The zero-order valence-corrected chi connectivity index (χ0v) is 15.5. The van der Waals surface area contributed by atoms with Crippen molar-refractivity contribution in [2.75, 3.05) is 14.2 Å². The fourth-order valence-electron chi connectivity index (χ4n) is 3.08. The SMILES string of the molecule is COc1ccc(-c2oc(=O)n(Cc3ccco3)c2-c2ccc(OC)cc2)cc1. The van der Waals surface area contributed by atoms with Gasteiger partial charge < -0.3 is 18.3 Å². The maximum Gasteiger partial charge on any atom is 0.420 e. The molecule has 0 aliphatic carbocycles. The predicted octanol–water partition coefficient (Wildman–Crippen LogP) is 4.43. The first-order valence-electron chi connectivity index (χ1n) is 8.74. The van der Waals surface area contributed by atoms with Gasteiger partial charge in [-0.2, -0.15) is 0 Å². The van der Waals surface area contributed by atoms with E-state index < -0.39 is 5.76 Å². The molecule has 0 radical (unpaired) electrons. The van der Waals surface area contributed by atoms with Crippen LogP contribution in [0.4, 0.5) is 0 Å². The van der Waals surface area contributed by atoms with E-state index in [2.05, 4.69) is 0 Å². The molecule has 4 rings (SSSR count). The Hall–Kier alpha value is -3.67. The monoisotopic (exact) mass is 377 g/mol. The number of hydrogen-bond donors (Lipinski definition) is 0. The van der Waals surface area contributed by atoms with Crippen molar-refractivity contribution in [1.82, 2.24) is 4.57 Å². The molecule has 6 heteroatoms. The van der Waals surface area contributed by atoms with Gasteiger partial charge in [-0.1, -0.05) is 0 Å².